The zero-order valence-corrected chi connectivity index (χ0v) is 9.42. The monoisotopic (exact) mass is 234 g/mol. The fourth-order valence-electron chi connectivity index (χ4n) is 1.56. The van der Waals surface area contributed by atoms with Crippen LogP contribution in [0.1, 0.15) is 31.2 Å². The van der Waals surface area contributed by atoms with Crippen molar-refractivity contribution in [1.82, 2.24) is 9.78 Å². The molecular formula is C9H12Cl2N2O. The lowest BCUT2D eigenvalue weighted by Gasteiger charge is -2.26. The molecule has 0 spiro atoms. The van der Waals surface area contributed by atoms with Crippen LogP contribution in [0.3, 0.4) is 0 Å². The van der Waals surface area contributed by atoms with Gasteiger partial charge in [0.1, 0.15) is 5.56 Å². The Balaban J connectivity index is 2.14. The summed E-state index contributed by atoms with van der Waals surface area (Å²) in [5.74, 6) is 0. The predicted octanol–water partition coefficient (Wildman–Crippen LogP) is 3.11. The maximum Gasteiger partial charge on any atom is 0.152 e. The lowest BCUT2D eigenvalue weighted by atomic mass is 10.2. The fourth-order valence-corrected chi connectivity index (χ4v) is 1.97. The number of hydrogen-bond donors (Lipinski definition) is 0. The summed E-state index contributed by atoms with van der Waals surface area (Å²) in [4.78, 5) is 0. The van der Waals surface area contributed by atoms with Gasteiger partial charge in [-0.1, -0.05) is 23.2 Å². The van der Waals surface area contributed by atoms with Crippen molar-refractivity contribution in [3.05, 3.63) is 16.9 Å². The van der Waals surface area contributed by atoms with Crippen molar-refractivity contribution in [2.24, 2.45) is 0 Å². The van der Waals surface area contributed by atoms with Gasteiger partial charge in [-0.05, 0) is 26.2 Å². The Morgan fingerprint density at radius 3 is 2.93 bits per heavy atom. The summed E-state index contributed by atoms with van der Waals surface area (Å²) >= 11 is 11.8. The van der Waals surface area contributed by atoms with Crippen LogP contribution in [-0.4, -0.2) is 15.3 Å². The first-order valence-electron chi connectivity index (χ1n) is 4.67. The molecule has 0 radical (unpaired) electrons. The van der Waals surface area contributed by atoms with Crippen molar-refractivity contribution in [2.75, 3.05) is 0 Å². The molecule has 2 atom stereocenters. The molecule has 3 nitrogen and oxygen atoms in total. The Morgan fingerprint density at radius 2 is 2.36 bits per heavy atom. The minimum atomic E-state index is -0.197. The van der Waals surface area contributed by atoms with Gasteiger partial charge in [-0.15, -0.1) is 0 Å². The zero-order valence-electron chi connectivity index (χ0n) is 7.91. The van der Waals surface area contributed by atoms with E-state index in [0.29, 0.717) is 5.02 Å². The molecule has 1 aliphatic rings. The molecule has 2 unspecified atom stereocenters. The van der Waals surface area contributed by atoms with Gasteiger partial charge in [-0.25, -0.2) is 4.68 Å². The van der Waals surface area contributed by atoms with Crippen molar-refractivity contribution in [3.8, 4) is 0 Å². The highest BCUT2D eigenvalue weighted by Gasteiger charge is 2.22. The first-order valence-corrected chi connectivity index (χ1v) is 5.49. The van der Waals surface area contributed by atoms with E-state index in [1.54, 1.807) is 10.9 Å². The average Bonchev–Trinajstić information content (AvgIpc) is 2.47. The van der Waals surface area contributed by atoms with Crippen molar-refractivity contribution in [2.45, 2.75) is 38.0 Å². The summed E-state index contributed by atoms with van der Waals surface area (Å²) in [5, 5.41) is 4.94. The fraction of sp³-hybridized carbons (Fsp3) is 0.667. The summed E-state index contributed by atoms with van der Waals surface area (Å²) in [7, 11) is 0. The number of aromatic nitrogens is 2. The van der Waals surface area contributed by atoms with Gasteiger partial charge in [0.15, 0.2) is 6.23 Å². The normalized spacial score (nSPS) is 27.9. The Morgan fingerprint density at radius 1 is 1.57 bits per heavy atom. The molecule has 0 bridgehead atoms. The van der Waals surface area contributed by atoms with Crippen LogP contribution in [0.5, 0.6) is 0 Å². The van der Waals surface area contributed by atoms with Crippen LogP contribution in [0.25, 0.3) is 0 Å². The SMILES string of the molecule is Cc1nn(C2CCCC(Cl)O2)cc1Cl. The molecule has 14 heavy (non-hydrogen) atoms. The maximum absolute atomic E-state index is 5.91. The third kappa shape index (κ3) is 2.05. The minimum absolute atomic E-state index is 0.0579. The molecule has 0 aromatic carbocycles. The molecule has 0 aliphatic carbocycles. The second kappa shape index (κ2) is 4.09. The van der Waals surface area contributed by atoms with Crippen molar-refractivity contribution >= 4 is 23.2 Å². The average molecular weight is 235 g/mol. The molecule has 5 heteroatoms. The smallest absolute Gasteiger partial charge is 0.152 e. The third-order valence-corrected chi connectivity index (χ3v) is 3.03. The van der Waals surface area contributed by atoms with E-state index < -0.39 is 0 Å². The Bertz CT molecular complexity index is 307. The highest BCUT2D eigenvalue weighted by molar-refractivity contribution is 6.31. The summed E-state index contributed by atoms with van der Waals surface area (Å²) < 4.78 is 7.30. The highest BCUT2D eigenvalue weighted by atomic mass is 35.5. The van der Waals surface area contributed by atoms with Crippen LogP contribution in [0.2, 0.25) is 5.02 Å². The number of nitrogens with zero attached hydrogens (tertiary/aromatic N) is 2. The number of hydrogen-bond acceptors (Lipinski definition) is 2. The van der Waals surface area contributed by atoms with E-state index in [-0.39, 0.29) is 11.8 Å². The Kier molecular flexibility index (Phi) is 3.00. The van der Waals surface area contributed by atoms with Gasteiger partial charge >= 0.3 is 0 Å². The standard InChI is InChI=1S/C9H12Cl2N2O/c1-6-7(10)5-13(12-6)9-4-2-3-8(11)14-9/h5,8-9H,2-4H2,1H3. The zero-order chi connectivity index (χ0) is 10.1. The molecule has 0 saturated carbocycles. The van der Waals surface area contributed by atoms with Gasteiger partial charge in [0.05, 0.1) is 10.7 Å². The first-order chi connectivity index (χ1) is 6.66. The van der Waals surface area contributed by atoms with Crippen LogP contribution < -0.4 is 0 Å². The van der Waals surface area contributed by atoms with E-state index in [2.05, 4.69) is 5.10 Å². The van der Waals surface area contributed by atoms with Crippen LogP contribution in [0, 0.1) is 6.92 Å². The summed E-state index contributed by atoms with van der Waals surface area (Å²) in [6.45, 7) is 1.87. The summed E-state index contributed by atoms with van der Waals surface area (Å²) in [6, 6.07) is 0. The van der Waals surface area contributed by atoms with Gasteiger partial charge in [0.2, 0.25) is 0 Å². The molecule has 0 amide bonds. The Labute approximate surface area is 92.9 Å². The molecule has 1 saturated heterocycles. The van der Waals surface area contributed by atoms with Crippen LogP contribution in [0.15, 0.2) is 6.20 Å². The molecule has 1 aromatic heterocycles. The van der Waals surface area contributed by atoms with Crippen LogP contribution in [0.4, 0.5) is 0 Å². The highest BCUT2D eigenvalue weighted by Crippen LogP contribution is 2.29. The molecule has 1 aromatic rings. The van der Waals surface area contributed by atoms with E-state index in [1.807, 2.05) is 6.92 Å². The van der Waals surface area contributed by atoms with Gasteiger partial charge < -0.3 is 4.74 Å². The number of alkyl halides is 1. The Hall–Kier alpha value is -0.250. The van der Waals surface area contributed by atoms with E-state index in [0.717, 1.165) is 25.0 Å². The van der Waals surface area contributed by atoms with Crippen LogP contribution >= 0.6 is 23.2 Å². The van der Waals surface area contributed by atoms with E-state index in [1.165, 1.54) is 0 Å². The minimum Gasteiger partial charge on any atom is -0.338 e. The maximum atomic E-state index is 5.91. The largest absolute Gasteiger partial charge is 0.338 e. The molecule has 1 fully saturated rings. The van der Waals surface area contributed by atoms with Gasteiger partial charge in [0, 0.05) is 6.20 Å². The topological polar surface area (TPSA) is 27.1 Å². The van der Waals surface area contributed by atoms with Crippen LogP contribution in [-0.2, 0) is 4.74 Å². The lowest BCUT2D eigenvalue weighted by molar-refractivity contribution is -0.0599. The van der Waals surface area contributed by atoms with E-state index in [4.69, 9.17) is 27.9 Å². The predicted molar refractivity (Wildman–Crippen MR) is 55.6 cm³/mol. The lowest BCUT2D eigenvalue weighted by Crippen LogP contribution is -2.22. The number of aryl methyl sites for hydroxylation is 1. The van der Waals surface area contributed by atoms with Gasteiger partial charge in [-0.3, -0.25) is 0 Å². The van der Waals surface area contributed by atoms with E-state index >= 15 is 0 Å². The third-order valence-electron chi connectivity index (χ3n) is 2.34. The van der Waals surface area contributed by atoms with Gasteiger partial charge in [-0.2, -0.15) is 5.10 Å². The quantitative estimate of drug-likeness (QED) is 0.699. The molecule has 2 heterocycles. The second-order valence-electron chi connectivity index (χ2n) is 3.47. The second-order valence-corrected chi connectivity index (χ2v) is 4.37. The summed E-state index contributed by atoms with van der Waals surface area (Å²) in [5.41, 5.74) is 0.629. The van der Waals surface area contributed by atoms with Crippen molar-refractivity contribution < 1.29 is 4.74 Å². The molecular weight excluding hydrogens is 223 g/mol. The molecule has 78 valence electrons. The number of ether oxygens (including phenoxy) is 1. The molecule has 2 rings (SSSR count). The van der Waals surface area contributed by atoms with E-state index in [9.17, 15) is 0 Å². The van der Waals surface area contributed by atoms with Crippen molar-refractivity contribution in [1.29, 1.82) is 0 Å². The first kappa shape index (κ1) is 10.3. The number of halogens is 2. The van der Waals surface area contributed by atoms with Gasteiger partial charge in [0.25, 0.3) is 0 Å². The molecule has 1 aliphatic heterocycles. The van der Waals surface area contributed by atoms with Crippen molar-refractivity contribution in [3.63, 3.8) is 0 Å². The number of rotatable bonds is 1. The molecule has 0 N–H and O–H groups in total. The summed E-state index contributed by atoms with van der Waals surface area (Å²) in [6.07, 6.45) is 4.65.